The second-order valence-corrected chi connectivity index (χ2v) is 12.7. The standard InChI is InChI=1S/C35H37FN8O2/c1-6-28(45)41-18-22(5)42(19-21(41)4)33-26-16-27(36)30-25-12-9-11-24-17-38-43(31(24)25)15-8-7-10-23-13-14-37-29(20(2)3)32(23)44(34(26)39-30)35(46)40-33/h6,9,11-14,16-17,20-22H,1,7-8,10,15,18-19H2,2-5H3/t21-,22+/m1/s1. The van der Waals surface area contributed by atoms with Crippen LogP contribution in [0.5, 0.6) is 0 Å². The van der Waals surface area contributed by atoms with Gasteiger partial charge in [-0.05, 0) is 62.8 Å². The van der Waals surface area contributed by atoms with Gasteiger partial charge in [0.2, 0.25) is 5.91 Å². The predicted molar refractivity (Wildman–Crippen MR) is 177 cm³/mol. The monoisotopic (exact) mass is 620 g/mol. The number of para-hydroxylation sites is 1. The summed E-state index contributed by atoms with van der Waals surface area (Å²) >= 11 is 0. The zero-order valence-electron chi connectivity index (χ0n) is 26.6. The van der Waals surface area contributed by atoms with Crippen molar-refractivity contribution >= 4 is 33.7 Å². The second kappa shape index (κ2) is 11.5. The van der Waals surface area contributed by atoms with Crippen molar-refractivity contribution in [1.82, 2.24) is 34.2 Å². The van der Waals surface area contributed by atoms with Gasteiger partial charge in [0.15, 0.2) is 5.65 Å². The third-order valence-corrected chi connectivity index (χ3v) is 9.31. The molecule has 11 heteroatoms. The molecule has 1 saturated heterocycles. The van der Waals surface area contributed by atoms with E-state index in [1.165, 1.54) is 12.1 Å². The van der Waals surface area contributed by atoms with Crippen molar-refractivity contribution in [3.05, 3.63) is 82.9 Å². The summed E-state index contributed by atoms with van der Waals surface area (Å²) in [6, 6.07) is 8.73. The van der Waals surface area contributed by atoms with Gasteiger partial charge in [-0.25, -0.2) is 18.7 Å². The third-order valence-electron chi connectivity index (χ3n) is 9.31. The third kappa shape index (κ3) is 4.76. The summed E-state index contributed by atoms with van der Waals surface area (Å²) in [4.78, 5) is 45.1. The molecule has 6 heterocycles. The molecule has 1 amide bonds. The summed E-state index contributed by atoms with van der Waals surface area (Å²) < 4.78 is 20.0. The summed E-state index contributed by atoms with van der Waals surface area (Å²) in [7, 11) is 0. The first kappa shape index (κ1) is 29.8. The van der Waals surface area contributed by atoms with E-state index < -0.39 is 11.5 Å². The Morgan fingerprint density at radius 1 is 1.11 bits per heavy atom. The molecule has 4 aromatic heterocycles. The van der Waals surface area contributed by atoms with E-state index in [1.54, 1.807) is 21.9 Å². The normalized spacial score (nSPS) is 18.4. The van der Waals surface area contributed by atoms with Crippen LogP contribution in [-0.2, 0) is 17.8 Å². The van der Waals surface area contributed by atoms with Crippen LogP contribution < -0.4 is 10.6 Å². The highest BCUT2D eigenvalue weighted by molar-refractivity contribution is 5.96. The zero-order chi connectivity index (χ0) is 32.3. The van der Waals surface area contributed by atoms with Crippen LogP contribution in [0.2, 0.25) is 0 Å². The summed E-state index contributed by atoms with van der Waals surface area (Å²) in [6.07, 6.45) is 7.31. The van der Waals surface area contributed by atoms with E-state index in [2.05, 4.69) is 16.7 Å². The molecule has 7 rings (SSSR count). The van der Waals surface area contributed by atoms with Crippen molar-refractivity contribution in [2.75, 3.05) is 18.0 Å². The number of aromatic nitrogens is 6. The van der Waals surface area contributed by atoms with Crippen molar-refractivity contribution in [3.8, 4) is 16.9 Å². The lowest BCUT2D eigenvalue weighted by molar-refractivity contribution is -0.128. The fourth-order valence-corrected chi connectivity index (χ4v) is 7.04. The number of hydrogen-bond donors (Lipinski definition) is 0. The lowest BCUT2D eigenvalue weighted by atomic mass is 10.00. The van der Waals surface area contributed by atoms with Crippen LogP contribution in [0, 0.1) is 5.82 Å². The molecule has 0 unspecified atom stereocenters. The topological polar surface area (TPSA) is 102 Å². The van der Waals surface area contributed by atoms with Crippen LogP contribution >= 0.6 is 0 Å². The highest BCUT2D eigenvalue weighted by Gasteiger charge is 2.34. The van der Waals surface area contributed by atoms with Crippen LogP contribution in [-0.4, -0.2) is 65.3 Å². The Balaban J connectivity index is 1.56. The van der Waals surface area contributed by atoms with Crippen molar-refractivity contribution < 1.29 is 9.18 Å². The number of carbonyl (C=O) groups excluding carboxylic acids is 1. The molecule has 0 spiro atoms. The molecule has 5 aromatic rings. The number of rotatable bonds is 3. The van der Waals surface area contributed by atoms with Crippen LogP contribution in [0.4, 0.5) is 10.2 Å². The van der Waals surface area contributed by atoms with Crippen LogP contribution in [0.25, 0.3) is 38.9 Å². The fraction of sp³-hybridized carbons (Fsp3) is 0.371. The molecule has 0 N–H and O–H groups in total. The predicted octanol–water partition coefficient (Wildman–Crippen LogP) is 5.40. The number of aryl methyl sites for hydroxylation is 2. The van der Waals surface area contributed by atoms with Crippen molar-refractivity contribution in [1.29, 1.82) is 0 Å². The number of nitrogens with zero attached hydrogens (tertiary/aromatic N) is 8. The van der Waals surface area contributed by atoms with Gasteiger partial charge in [-0.2, -0.15) is 10.1 Å². The molecule has 10 nitrogen and oxygen atoms in total. The summed E-state index contributed by atoms with van der Waals surface area (Å²) in [5, 5.41) is 5.96. The molecule has 1 fully saturated rings. The minimum absolute atomic E-state index is 0.00207. The van der Waals surface area contributed by atoms with Gasteiger partial charge in [-0.3, -0.25) is 14.5 Å². The number of carbonyl (C=O) groups is 1. The number of piperazine rings is 1. The van der Waals surface area contributed by atoms with E-state index in [0.717, 1.165) is 35.0 Å². The zero-order valence-corrected chi connectivity index (χ0v) is 26.6. The highest BCUT2D eigenvalue weighted by Crippen LogP contribution is 2.36. The number of halogens is 1. The van der Waals surface area contributed by atoms with Gasteiger partial charge in [-0.15, -0.1) is 0 Å². The van der Waals surface area contributed by atoms with Crippen molar-refractivity contribution in [2.45, 2.75) is 71.5 Å². The van der Waals surface area contributed by atoms with E-state index in [4.69, 9.17) is 9.97 Å². The molecule has 0 radical (unpaired) electrons. The quantitative estimate of drug-likeness (QED) is 0.249. The highest BCUT2D eigenvalue weighted by atomic mass is 19.1. The Labute approximate surface area is 266 Å². The van der Waals surface area contributed by atoms with Crippen LogP contribution in [0.1, 0.15) is 57.7 Å². The average molecular weight is 621 g/mol. The number of pyridine rings is 2. The smallest absolute Gasteiger partial charge is 0.349 e. The number of fused-ring (bicyclic) bond motifs is 4. The van der Waals surface area contributed by atoms with Gasteiger partial charge in [-0.1, -0.05) is 38.6 Å². The van der Waals surface area contributed by atoms with Gasteiger partial charge in [0.25, 0.3) is 0 Å². The molecule has 1 aromatic carbocycles. The molecule has 2 atom stereocenters. The maximum atomic E-state index is 16.5. The lowest BCUT2D eigenvalue weighted by Crippen LogP contribution is -2.58. The van der Waals surface area contributed by atoms with Crippen molar-refractivity contribution in [3.63, 3.8) is 0 Å². The molecule has 2 bridgehead atoms. The van der Waals surface area contributed by atoms with Crippen LogP contribution in [0.15, 0.2) is 60.2 Å². The molecule has 2 aliphatic rings. The van der Waals surface area contributed by atoms with E-state index >= 15 is 4.39 Å². The van der Waals surface area contributed by atoms with Gasteiger partial charge in [0.1, 0.15) is 17.3 Å². The Hall–Kier alpha value is -4.93. The van der Waals surface area contributed by atoms with E-state index in [1.807, 2.05) is 61.5 Å². The first-order chi connectivity index (χ1) is 22.2. The minimum Gasteiger partial charge on any atom is -0.349 e. The number of amides is 1. The number of benzene rings is 1. The maximum absolute atomic E-state index is 16.5. The van der Waals surface area contributed by atoms with E-state index in [9.17, 15) is 9.59 Å². The van der Waals surface area contributed by atoms with E-state index in [-0.39, 0.29) is 29.6 Å². The number of hydrogen-bond acceptors (Lipinski definition) is 7. The maximum Gasteiger partial charge on any atom is 0.355 e. The summed E-state index contributed by atoms with van der Waals surface area (Å²) in [5.41, 5.74) is 3.75. The van der Waals surface area contributed by atoms with Crippen LogP contribution in [0.3, 0.4) is 0 Å². The molecule has 236 valence electrons. The van der Waals surface area contributed by atoms with E-state index in [0.29, 0.717) is 54.2 Å². The Bertz CT molecular complexity index is 2080. The average Bonchev–Trinajstić information content (AvgIpc) is 3.46. The molecular weight excluding hydrogens is 583 g/mol. The molecular formula is C35H37FN8O2. The first-order valence-electron chi connectivity index (χ1n) is 15.9. The SMILES string of the molecule is C=CC(=O)N1C[C@H](C)N(c2nc(=O)n3c4nc(c(F)cc24)-c2cccc4cnn(c24)CCCCc2ccnc(C(C)C)c2-3)C[C@H]1C. The largest absolute Gasteiger partial charge is 0.355 e. The number of anilines is 1. The lowest BCUT2D eigenvalue weighted by Gasteiger charge is -2.44. The van der Waals surface area contributed by atoms with Gasteiger partial charge in [0, 0.05) is 48.9 Å². The molecule has 2 aliphatic heterocycles. The first-order valence-corrected chi connectivity index (χ1v) is 15.9. The van der Waals surface area contributed by atoms with Gasteiger partial charge in [0.05, 0.1) is 28.5 Å². The van der Waals surface area contributed by atoms with Crippen molar-refractivity contribution in [2.24, 2.45) is 0 Å². The Morgan fingerprint density at radius 2 is 1.93 bits per heavy atom. The fourth-order valence-electron chi connectivity index (χ4n) is 7.04. The Kier molecular flexibility index (Phi) is 7.41. The summed E-state index contributed by atoms with van der Waals surface area (Å²) in [6.45, 7) is 13.1. The second-order valence-electron chi connectivity index (χ2n) is 12.7. The van der Waals surface area contributed by atoms with Gasteiger partial charge < -0.3 is 9.80 Å². The van der Waals surface area contributed by atoms with Gasteiger partial charge >= 0.3 is 5.69 Å². The summed E-state index contributed by atoms with van der Waals surface area (Å²) in [5.74, 6) is -0.321. The molecule has 0 aliphatic carbocycles. The minimum atomic E-state index is -0.521. The Morgan fingerprint density at radius 3 is 2.72 bits per heavy atom. The molecule has 46 heavy (non-hydrogen) atoms. The molecule has 0 saturated carbocycles.